The molecule has 33 heavy (non-hydrogen) atoms. The second-order valence-corrected chi connectivity index (χ2v) is 10.3. The Morgan fingerprint density at radius 2 is 1.33 bits per heavy atom. The lowest BCUT2D eigenvalue weighted by Crippen LogP contribution is -2.22. The van der Waals surface area contributed by atoms with Gasteiger partial charge in [0.25, 0.3) is 0 Å². The molecule has 5 heteroatoms. The van der Waals surface area contributed by atoms with E-state index in [0.717, 1.165) is 51.4 Å². The molecule has 192 valence electrons. The van der Waals surface area contributed by atoms with Gasteiger partial charge in [0.2, 0.25) is 0 Å². The van der Waals surface area contributed by atoms with Gasteiger partial charge in [-0.2, -0.15) is 0 Å². The molecule has 0 aliphatic heterocycles. The molecule has 0 heterocycles. The van der Waals surface area contributed by atoms with E-state index in [2.05, 4.69) is 25.7 Å². The molecule has 0 aliphatic carbocycles. The molecule has 4 nitrogen and oxygen atoms in total. The third-order valence-electron chi connectivity index (χ3n) is 5.86. The maximum Gasteiger partial charge on any atom is 0.318 e. The Morgan fingerprint density at radius 1 is 0.727 bits per heavy atom. The molecular formula is C28H50O4S. The quantitative estimate of drug-likeness (QED) is 0.0946. The van der Waals surface area contributed by atoms with E-state index in [1.165, 1.54) is 72.0 Å². The molecule has 0 spiro atoms. The first kappa shape index (κ1) is 31.9. The fraction of sp³-hybridized carbons (Fsp3) is 0.857. The van der Waals surface area contributed by atoms with Crippen LogP contribution in [0.15, 0.2) is 0 Å². The highest BCUT2D eigenvalue weighted by atomic mass is 32.2. The van der Waals surface area contributed by atoms with Crippen LogP contribution in [0, 0.1) is 11.8 Å². The molecule has 2 atom stereocenters. The minimum Gasteiger partial charge on any atom is -0.469 e. The summed E-state index contributed by atoms with van der Waals surface area (Å²) in [5.41, 5.74) is 0. The van der Waals surface area contributed by atoms with Gasteiger partial charge in [-0.25, -0.2) is 0 Å². The fourth-order valence-corrected chi connectivity index (χ4v) is 5.08. The summed E-state index contributed by atoms with van der Waals surface area (Å²) in [6, 6.07) is 0. The number of hydrogen-bond donors (Lipinski definition) is 0. The first-order valence-electron chi connectivity index (χ1n) is 13.4. The van der Waals surface area contributed by atoms with Crippen molar-refractivity contribution in [2.75, 3.05) is 14.2 Å². The van der Waals surface area contributed by atoms with Crippen LogP contribution in [-0.2, 0) is 19.1 Å². The average molecular weight is 483 g/mol. The van der Waals surface area contributed by atoms with Gasteiger partial charge in [-0.1, -0.05) is 96.8 Å². The Balaban J connectivity index is 4.42. The van der Waals surface area contributed by atoms with Crippen molar-refractivity contribution in [3.8, 4) is 11.8 Å². The van der Waals surface area contributed by atoms with Gasteiger partial charge in [0.15, 0.2) is 0 Å². The lowest BCUT2D eigenvalue weighted by atomic mass is 10.1. The van der Waals surface area contributed by atoms with Crippen molar-refractivity contribution < 1.29 is 19.1 Å². The summed E-state index contributed by atoms with van der Waals surface area (Å²) in [5.74, 6) is 6.49. The topological polar surface area (TPSA) is 52.6 Å². The Hall–Kier alpha value is -1.15. The van der Waals surface area contributed by atoms with Crippen LogP contribution in [0.2, 0.25) is 0 Å². The number of unbranched alkanes of at least 4 members (excludes halogenated alkanes) is 12. The number of carbonyl (C=O) groups is 2. The summed E-state index contributed by atoms with van der Waals surface area (Å²) in [6.07, 6.45) is 20.1. The standard InChI is InChI=1S/C28H50O4S/c1-5-7-9-10-11-12-13-14-15-16-17-18-21-25(22-19-20-24-27(29)31-3)33-26(23-8-6-2)28(30)32-4/h25-26H,5-17,19-20,22-24H2,1-4H3. The van der Waals surface area contributed by atoms with Crippen molar-refractivity contribution in [2.45, 2.75) is 140 Å². The summed E-state index contributed by atoms with van der Waals surface area (Å²) >= 11 is 1.65. The van der Waals surface area contributed by atoms with E-state index in [4.69, 9.17) is 9.47 Å². The first-order chi connectivity index (χ1) is 16.1. The van der Waals surface area contributed by atoms with E-state index < -0.39 is 0 Å². The van der Waals surface area contributed by atoms with E-state index in [0.29, 0.717) is 6.42 Å². The molecule has 0 N–H and O–H groups in total. The van der Waals surface area contributed by atoms with Crippen molar-refractivity contribution in [1.29, 1.82) is 0 Å². The van der Waals surface area contributed by atoms with Crippen LogP contribution >= 0.6 is 11.8 Å². The van der Waals surface area contributed by atoms with Crippen LogP contribution in [0.5, 0.6) is 0 Å². The van der Waals surface area contributed by atoms with Crippen molar-refractivity contribution in [3.63, 3.8) is 0 Å². The largest absolute Gasteiger partial charge is 0.469 e. The molecule has 0 aromatic rings. The van der Waals surface area contributed by atoms with Gasteiger partial charge in [0.1, 0.15) is 5.25 Å². The molecule has 0 saturated heterocycles. The number of rotatable bonds is 21. The highest BCUT2D eigenvalue weighted by Crippen LogP contribution is 2.27. The molecule has 0 saturated carbocycles. The Bertz CT molecular complexity index is 538. The van der Waals surface area contributed by atoms with E-state index in [1.807, 2.05) is 0 Å². The Kier molecular flexibility index (Phi) is 23.2. The van der Waals surface area contributed by atoms with Crippen molar-refractivity contribution >= 4 is 23.7 Å². The molecule has 0 bridgehead atoms. The van der Waals surface area contributed by atoms with Crippen LogP contribution in [0.3, 0.4) is 0 Å². The molecule has 0 fully saturated rings. The van der Waals surface area contributed by atoms with Gasteiger partial charge in [0, 0.05) is 12.8 Å². The van der Waals surface area contributed by atoms with E-state index in [1.54, 1.807) is 11.8 Å². The Labute approximate surface area is 208 Å². The van der Waals surface area contributed by atoms with E-state index in [9.17, 15) is 9.59 Å². The summed E-state index contributed by atoms with van der Waals surface area (Å²) in [7, 11) is 2.89. The smallest absolute Gasteiger partial charge is 0.318 e. The zero-order valence-corrected chi connectivity index (χ0v) is 22.7. The van der Waals surface area contributed by atoms with Crippen molar-refractivity contribution in [2.24, 2.45) is 0 Å². The van der Waals surface area contributed by atoms with Gasteiger partial charge < -0.3 is 9.47 Å². The summed E-state index contributed by atoms with van der Waals surface area (Å²) < 4.78 is 9.76. The predicted molar refractivity (Wildman–Crippen MR) is 141 cm³/mol. The molecule has 0 radical (unpaired) electrons. The monoisotopic (exact) mass is 482 g/mol. The maximum atomic E-state index is 12.2. The van der Waals surface area contributed by atoms with Crippen molar-refractivity contribution in [3.05, 3.63) is 0 Å². The minimum absolute atomic E-state index is 0.103. The number of carbonyl (C=O) groups excluding carboxylic acids is 2. The van der Waals surface area contributed by atoms with Crippen LogP contribution in [0.1, 0.15) is 129 Å². The third-order valence-corrected chi connectivity index (χ3v) is 7.29. The molecule has 0 aromatic carbocycles. The van der Waals surface area contributed by atoms with Gasteiger partial charge >= 0.3 is 11.9 Å². The molecule has 0 rings (SSSR count). The first-order valence-corrected chi connectivity index (χ1v) is 14.3. The highest BCUT2D eigenvalue weighted by Gasteiger charge is 2.23. The third kappa shape index (κ3) is 20.0. The van der Waals surface area contributed by atoms with Gasteiger partial charge in [-0.3, -0.25) is 9.59 Å². The normalized spacial score (nSPS) is 12.5. The molecule has 0 amide bonds. The fourth-order valence-electron chi connectivity index (χ4n) is 3.72. The second-order valence-electron chi connectivity index (χ2n) is 8.85. The maximum absolute atomic E-state index is 12.2. The van der Waals surface area contributed by atoms with E-state index in [-0.39, 0.29) is 22.4 Å². The number of thioether (sulfide) groups is 1. The van der Waals surface area contributed by atoms with Crippen molar-refractivity contribution in [1.82, 2.24) is 0 Å². The number of ether oxygens (including phenoxy) is 2. The number of hydrogen-bond acceptors (Lipinski definition) is 5. The van der Waals surface area contributed by atoms with Gasteiger partial charge in [-0.05, 0) is 25.7 Å². The minimum atomic E-state index is -0.165. The lowest BCUT2D eigenvalue weighted by molar-refractivity contribution is -0.141. The van der Waals surface area contributed by atoms with Crippen LogP contribution < -0.4 is 0 Å². The summed E-state index contributed by atoms with van der Waals surface area (Å²) in [5, 5.41) is -0.0566. The number of methoxy groups -OCH3 is 2. The molecule has 0 aliphatic rings. The van der Waals surface area contributed by atoms with Gasteiger partial charge in [0.05, 0.1) is 19.5 Å². The molecule has 2 unspecified atom stereocenters. The van der Waals surface area contributed by atoms with Crippen LogP contribution in [0.25, 0.3) is 0 Å². The van der Waals surface area contributed by atoms with Gasteiger partial charge in [-0.15, -0.1) is 17.7 Å². The van der Waals surface area contributed by atoms with E-state index >= 15 is 0 Å². The van der Waals surface area contributed by atoms with Crippen LogP contribution in [-0.4, -0.2) is 36.7 Å². The number of esters is 2. The summed E-state index contributed by atoms with van der Waals surface area (Å²) in [4.78, 5) is 23.6. The highest BCUT2D eigenvalue weighted by molar-refractivity contribution is 8.01. The average Bonchev–Trinajstić information content (AvgIpc) is 2.83. The van der Waals surface area contributed by atoms with Crippen LogP contribution in [0.4, 0.5) is 0 Å². The molecular weight excluding hydrogens is 432 g/mol. The zero-order valence-electron chi connectivity index (χ0n) is 21.9. The second kappa shape index (κ2) is 24.0. The lowest BCUT2D eigenvalue weighted by Gasteiger charge is -2.18. The zero-order chi connectivity index (χ0) is 24.6. The summed E-state index contributed by atoms with van der Waals surface area (Å²) in [6.45, 7) is 4.40. The predicted octanol–water partition coefficient (Wildman–Crippen LogP) is 7.87. The SMILES string of the molecule is CCCCCCCCCCCCC#CC(CCCCC(=O)OC)SC(CCCC)C(=O)OC. The Morgan fingerprint density at radius 3 is 1.91 bits per heavy atom. The molecule has 0 aromatic heterocycles.